The number of carbonyl (C=O) groups is 4. The smallest absolute Gasteiger partial charge is 0.305 e. The number of carboxylic acids is 1. The van der Waals surface area contributed by atoms with E-state index in [1.807, 2.05) is 0 Å². The average molecular weight is 433 g/mol. The summed E-state index contributed by atoms with van der Waals surface area (Å²) < 4.78 is 13.6. The van der Waals surface area contributed by atoms with Crippen molar-refractivity contribution in [1.29, 1.82) is 0 Å². The highest BCUT2D eigenvalue weighted by Gasteiger charge is 2.43. The molecule has 2 aliphatic rings. The van der Waals surface area contributed by atoms with Crippen molar-refractivity contribution in [3.05, 3.63) is 35.6 Å². The van der Waals surface area contributed by atoms with E-state index in [0.717, 1.165) is 38.2 Å². The first-order valence-corrected chi connectivity index (χ1v) is 10.6. The van der Waals surface area contributed by atoms with Crippen molar-refractivity contribution in [1.82, 2.24) is 15.1 Å². The molecule has 1 aliphatic heterocycles. The van der Waals surface area contributed by atoms with Gasteiger partial charge in [-0.05, 0) is 37.0 Å². The average Bonchev–Trinajstić information content (AvgIpc) is 3.18. The van der Waals surface area contributed by atoms with E-state index >= 15 is 0 Å². The molecule has 1 saturated carbocycles. The molecule has 1 aliphatic carbocycles. The lowest BCUT2D eigenvalue weighted by Crippen LogP contribution is -2.56. The number of benzene rings is 1. The van der Waals surface area contributed by atoms with Gasteiger partial charge in [-0.1, -0.05) is 25.3 Å². The van der Waals surface area contributed by atoms with Gasteiger partial charge < -0.3 is 20.2 Å². The fourth-order valence-electron chi connectivity index (χ4n) is 4.56. The van der Waals surface area contributed by atoms with E-state index in [0.29, 0.717) is 0 Å². The number of amides is 3. The molecule has 0 spiro atoms. The number of rotatable bonds is 6. The Bertz CT molecular complexity index is 855. The summed E-state index contributed by atoms with van der Waals surface area (Å²) in [4.78, 5) is 52.3. The number of hydrogen-bond donors (Lipinski definition) is 2. The van der Waals surface area contributed by atoms with Gasteiger partial charge >= 0.3 is 5.97 Å². The molecule has 1 saturated heterocycles. The number of nitrogens with zero attached hydrogens (tertiary/aromatic N) is 2. The predicted octanol–water partition coefficient (Wildman–Crippen LogP) is 2.00. The third kappa shape index (κ3) is 5.39. The van der Waals surface area contributed by atoms with Gasteiger partial charge in [0.25, 0.3) is 11.8 Å². The molecule has 0 radical (unpaired) electrons. The Labute approximate surface area is 180 Å². The van der Waals surface area contributed by atoms with Crippen LogP contribution in [-0.4, -0.2) is 63.9 Å². The van der Waals surface area contributed by atoms with E-state index in [-0.39, 0.29) is 36.9 Å². The minimum Gasteiger partial charge on any atom is -0.481 e. The quantitative estimate of drug-likeness (QED) is 0.714. The van der Waals surface area contributed by atoms with Crippen molar-refractivity contribution in [3.63, 3.8) is 0 Å². The Morgan fingerprint density at radius 3 is 2.42 bits per heavy atom. The Kier molecular flexibility index (Phi) is 7.25. The highest BCUT2D eigenvalue weighted by molar-refractivity contribution is 5.99. The van der Waals surface area contributed by atoms with Gasteiger partial charge in [0.05, 0.1) is 6.42 Å². The molecule has 8 nitrogen and oxygen atoms in total. The summed E-state index contributed by atoms with van der Waals surface area (Å²) in [7, 11) is 0. The zero-order chi connectivity index (χ0) is 22.5. The second-order valence-corrected chi connectivity index (χ2v) is 8.21. The van der Waals surface area contributed by atoms with E-state index in [1.54, 1.807) is 0 Å². The maximum Gasteiger partial charge on any atom is 0.305 e. The zero-order valence-electron chi connectivity index (χ0n) is 17.6. The summed E-state index contributed by atoms with van der Waals surface area (Å²) >= 11 is 0. The highest BCUT2D eigenvalue weighted by atomic mass is 19.1. The minimum atomic E-state index is -1.20. The second kappa shape index (κ2) is 9.89. The standard InChI is InChI=1S/C22H28FN3O5/c1-14(27)25-10-11-26(22(31)16-8-5-9-17(23)12-16)21(25)20(30)24-18(13-19(28)29)15-6-3-2-4-7-15/h5,8-9,12,15,18,21H,2-4,6-7,10-11,13H2,1H3,(H,24,30)(H,28,29). The summed E-state index contributed by atoms with van der Waals surface area (Å²) in [6.45, 7) is 1.61. The minimum absolute atomic E-state index is 0.0355. The SMILES string of the molecule is CC(=O)N1CCN(C(=O)c2cccc(F)c2)C1C(=O)NC(CC(=O)O)C1CCCCC1. The first-order chi connectivity index (χ1) is 14.8. The number of aliphatic carboxylic acids is 1. The Balaban J connectivity index is 1.83. The van der Waals surface area contributed by atoms with Crippen LogP contribution in [0.15, 0.2) is 24.3 Å². The maximum absolute atomic E-state index is 13.6. The maximum atomic E-state index is 13.6. The Morgan fingerprint density at radius 2 is 1.81 bits per heavy atom. The number of carbonyl (C=O) groups excluding carboxylic acids is 3. The second-order valence-electron chi connectivity index (χ2n) is 8.21. The van der Waals surface area contributed by atoms with Gasteiger partial charge in [-0.2, -0.15) is 0 Å². The topological polar surface area (TPSA) is 107 Å². The summed E-state index contributed by atoms with van der Waals surface area (Å²) in [6, 6.07) is 4.58. The van der Waals surface area contributed by atoms with E-state index in [9.17, 15) is 28.7 Å². The number of carboxylic acid groups (broad SMARTS) is 1. The molecule has 1 heterocycles. The van der Waals surface area contributed by atoms with Crippen molar-refractivity contribution in [2.45, 2.75) is 57.7 Å². The highest BCUT2D eigenvalue weighted by Crippen LogP contribution is 2.28. The molecule has 3 rings (SSSR count). The van der Waals surface area contributed by atoms with Crippen LogP contribution >= 0.6 is 0 Å². The lowest BCUT2D eigenvalue weighted by molar-refractivity contribution is -0.142. The number of nitrogens with one attached hydrogen (secondary N) is 1. The van der Waals surface area contributed by atoms with Gasteiger partial charge in [0.2, 0.25) is 5.91 Å². The summed E-state index contributed by atoms with van der Waals surface area (Å²) in [5.74, 6) is -3.08. The van der Waals surface area contributed by atoms with Crippen LogP contribution in [0.4, 0.5) is 4.39 Å². The monoisotopic (exact) mass is 433 g/mol. The molecule has 9 heteroatoms. The molecule has 0 aromatic heterocycles. The van der Waals surface area contributed by atoms with Crippen LogP contribution in [0.25, 0.3) is 0 Å². The molecule has 2 atom stereocenters. The van der Waals surface area contributed by atoms with Gasteiger partial charge in [-0.25, -0.2) is 4.39 Å². The summed E-state index contributed by atoms with van der Waals surface area (Å²) in [5, 5.41) is 12.1. The lowest BCUT2D eigenvalue weighted by atomic mass is 9.82. The van der Waals surface area contributed by atoms with Crippen LogP contribution in [0.2, 0.25) is 0 Å². The molecule has 1 aromatic rings. The third-order valence-electron chi connectivity index (χ3n) is 6.08. The van der Waals surface area contributed by atoms with Crippen molar-refractivity contribution in [2.24, 2.45) is 5.92 Å². The molecule has 2 N–H and O–H groups in total. The van der Waals surface area contributed by atoms with Crippen LogP contribution in [0.5, 0.6) is 0 Å². The van der Waals surface area contributed by atoms with Crippen LogP contribution in [-0.2, 0) is 14.4 Å². The van der Waals surface area contributed by atoms with E-state index in [4.69, 9.17) is 0 Å². The van der Waals surface area contributed by atoms with Crippen LogP contribution in [0, 0.1) is 11.7 Å². The van der Waals surface area contributed by atoms with E-state index in [1.165, 1.54) is 34.9 Å². The molecule has 1 aromatic carbocycles. The normalized spacial score (nSPS) is 20.4. The largest absolute Gasteiger partial charge is 0.481 e. The van der Waals surface area contributed by atoms with Gasteiger partial charge in [0, 0.05) is 31.6 Å². The number of halogens is 1. The molecule has 2 fully saturated rings. The van der Waals surface area contributed by atoms with Crippen LogP contribution in [0.1, 0.15) is 55.8 Å². The third-order valence-corrected chi connectivity index (χ3v) is 6.08. The number of hydrogen-bond acceptors (Lipinski definition) is 4. The van der Waals surface area contributed by atoms with Crippen molar-refractivity contribution < 1.29 is 28.7 Å². The Hall–Kier alpha value is -2.97. The zero-order valence-corrected chi connectivity index (χ0v) is 17.6. The summed E-state index contributed by atoms with van der Waals surface area (Å²) in [5.41, 5.74) is 0.0811. The molecule has 168 valence electrons. The molecule has 31 heavy (non-hydrogen) atoms. The van der Waals surface area contributed by atoms with Gasteiger partial charge in [-0.15, -0.1) is 0 Å². The van der Waals surface area contributed by atoms with E-state index < -0.39 is 35.8 Å². The predicted molar refractivity (Wildman–Crippen MR) is 109 cm³/mol. The molecular formula is C22H28FN3O5. The van der Waals surface area contributed by atoms with Gasteiger partial charge in [0.1, 0.15) is 5.82 Å². The van der Waals surface area contributed by atoms with Crippen molar-refractivity contribution in [2.75, 3.05) is 13.1 Å². The van der Waals surface area contributed by atoms with Crippen molar-refractivity contribution in [3.8, 4) is 0 Å². The lowest BCUT2D eigenvalue weighted by Gasteiger charge is -2.34. The molecule has 2 unspecified atom stereocenters. The van der Waals surface area contributed by atoms with Crippen LogP contribution in [0.3, 0.4) is 0 Å². The molecule has 3 amide bonds. The molecular weight excluding hydrogens is 405 g/mol. The van der Waals surface area contributed by atoms with E-state index in [2.05, 4.69) is 5.32 Å². The fourth-order valence-corrected chi connectivity index (χ4v) is 4.56. The molecule has 0 bridgehead atoms. The van der Waals surface area contributed by atoms with Gasteiger partial charge in [0.15, 0.2) is 6.17 Å². The van der Waals surface area contributed by atoms with Crippen molar-refractivity contribution >= 4 is 23.7 Å². The first kappa shape index (κ1) is 22.7. The summed E-state index contributed by atoms with van der Waals surface area (Å²) in [6.07, 6.45) is 3.26. The Morgan fingerprint density at radius 1 is 1.13 bits per heavy atom. The van der Waals surface area contributed by atoms with Gasteiger partial charge in [-0.3, -0.25) is 19.2 Å². The van der Waals surface area contributed by atoms with Crippen LogP contribution < -0.4 is 5.32 Å². The first-order valence-electron chi connectivity index (χ1n) is 10.6. The fraction of sp³-hybridized carbons (Fsp3) is 0.545.